The molecule has 0 bridgehead atoms. The zero-order chi connectivity index (χ0) is 29.8. The highest BCUT2D eigenvalue weighted by Gasteiger charge is 2.33. The quantitative estimate of drug-likeness (QED) is 0.137. The Labute approximate surface area is 230 Å². The van der Waals surface area contributed by atoms with Crippen LogP contribution in [0.1, 0.15) is 30.9 Å². The zero-order valence-electron chi connectivity index (χ0n) is 21.8. The number of aromatic hydroxyl groups is 1. The van der Waals surface area contributed by atoms with Gasteiger partial charge in [0.05, 0.1) is 12.1 Å². The van der Waals surface area contributed by atoms with E-state index in [4.69, 9.17) is 10.8 Å². The molecule has 2 aromatic carbocycles. The lowest BCUT2D eigenvalue weighted by molar-refractivity contribution is -0.143. The number of hydrogen-bond acceptors (Lipinski definition) is 8. The van der Waals surface area contributed by atoms with E-state index < -0.39 is 66.4 Å². The van der Waals surface area contributed by atoms with Crippen LogP contribution >= 0.6 is 0 Å². The molecule has 0 fully saturated rings. The number of benzene rings is 2. The molecule has 0 radical (unpaired) electrons. The van der Waals surface area contributed by atoms with Gasteiger partial charge in [0.15, 0.2) is 0 Å². The second-order valence-electron chi connectivity index (χ2n) is 9.29. The summed E-state index contributed by atoms with van der Waals surface area (Å²) in [5.41, 5.74) is 7.23. The Morgan fingerprint density at radius 1 is 0.775 bits per heavy atom. The molecule has 9 N–H and O–H groups in total. The van der Waals surface area contributed by atoms with E-state index in [9.17, 15) is 39.3 Å². The van der Waals surface area contributed by atoms with Crippen LogP contribution in [0.5, 0.6) is 5.75 Å². The van der Waals surface area contributed by atoms with E-state index in [0.29, 0.717) is 5.56 Å². The first-order valence-corrected chi connectivity index (χ1v) is 12.5. The van der Waals surface area contributed by atoms with Crippen molar-refractivity contribution < 1.29 is 44.4 Å². The minimum Gasteiger partial charge on any atom is -0.508 e. The van der Waals surface area contributed by atoms with Crippen molar-refractivity contribution >= 4 is 29.7 Å². The number of rotatable bonds is 15. The zero-order valence-corrected chi connectivity index (χ0v) is 21.8. The maximum Gasteiger partial charge on any atom is 0.326 e. The van der Waals surface area contributed by atoms with Gasteiger partial charge in [-0.3, -0.25) is 19.2 Å². The second-order valence-corrected chi connectivity index (χ2v) is 9.29. The van der Waals surface area contributed by atoms with Crippen molar-refractivity contribution in [2.75, 3.05) is 0 Å². The van der Waals surface area contributed by atoms with Gasteiger partial charge < -0.3 is 42.1 Å². The summed E-state index contributed by atoms with van der Waals surface area (Å²) in [7, 11) is 0. The highest BCUT2D eigenvalue weighted by Crippen LogP contribution is 2.12. The van der Waals surface area contributed by atoms with E-state index in [-0.39, 0.29) is 25.0 Å². The lowest BCUT2D eigenvalue weighted by atomic mass is 10.0. The van der Waals surface area contributed by atoms with Crippen LogP contribution in [0.25, 0.3) is 0 Å². The Hall–Kier alpha value is -4.49. The summed E-state index contributed by atoms with van der Waals surface area (Å²) in [5, 5.41) is 45.2. The number of carbonyl (C=O) groups is 5. The minimum absolute atomic E-state index is 0.0258. The molecule has 0 saturated heterocycles. The number of aliphatic hydroxyl groups excluding tert-OH is 1. The molecule has 0 aliphatic heterocycles. The molecule has 0 saturated carbocycles. The van der Waals surface area contributed by atoms with Gasteiger partial charge in [0.2, 0.25) is 17.7 Å². The topological polar surface area (TPSA) is 228 Å². The molecule has 13 heteroatoms. The number of nitrogens with one attached hydrogen (secondary N) is 3. The number of hydrogen-bond donors (Lipinski definition) is 8. The van der Waals surface area contributed by atoms with Gasteiger partial charge in [0.25, 0.3) is 0 Å². The molecule has 0 heterocycles. The van der Waals surface area contributed by atoms with Crippen LogP contribution < -0.4 is 21.7 Å². The average Bonchev–Trinajstić information content (AvgIpc) is 2.90. The summed E-state index contributed by atoms with van der Waals surface area (Å²) in [6.45, 7) is 1.20. The van der Waals surface area contributed by atoms with E-state index in [0.717, 1.165) is 5.56 Å². The third-order valence-corrected chi connectivity index (χ3v) is 5.97. The molecular weight excluding hydrogens is 524 g/mol. The first kappa shape index (κ1) is 31.7. The van der Waals surface area contributed by atoms with Crippen LogP contribution in [0.2, 0.25) is 0 Å². The van der Waals surface area contributed by atoms with E-state index >= 15 is 0 Å². The summed E-state index contributed by atoms with van der Waals surface area (Å²) in [6.07, 6.45) is -2.32. The number of aliphatic carboxylic acids is 2. The van der Waals surface area contributed by atoms with Crippen LogP contribution in [0.3, 0.4) is 0 Å². The van der Waals surface area contributed by atoms with Gasteiger partial charge in [-0.15, -0.1) is 0 Å². The predicted octanol–water partition coefficient (Wildman–Crippen LogP) is -0.711. The fourth-order valence-electron chi connectivity index (χ4n) is 3.76. The smallest absolute Gasteiger partial charge is 0.326 e. The normalized spacial score (nSPS) is 14.6. The van der Waals surface area contributed by atoms with Crippen molar-refractivity contribution in [3.63, 3.8) is 0 Å². The fourth-order valence-corrected chi connectivity index (χ4v) is 3.76. The van der Waals surface area contributed by atoms with Crippen molar-refractivity contribution in [1.82, 2.24) is 16.0 Å². The Kier molecular flexibility index (Phi) is 12.0. The molecule has 2 aromatic rings. The molecule has 40 heavy (non-hydrogen) atoms. The maximum atomic E-state index is 13.0. The minimum atomic E-state index is -1.63. The highest BCUT2D eigenvalue weighted by molar-refractivity contribution is 5.94. The number of carbonyl (C=O) groups excluding carboxylic acids is 3. The number of carboxylic acid groups (broad SMARTS) is 2. The second kappa shape index (κ2) is 15.2. The number of phenolic OH excluding ortho intramolecular Hbond substituents is 1. The molecule has 0 aromatic heterocycles. The molecule has 5 atom stereocenters. The van der Waals surface area contributed by atoms with Crippen molar-refractivity contribution in [3.05, 3.63) is 65.7 Å². The summed E-state index contributed by atoms with van der Waals surface area (Å²) < 4.78 is 0. The van der Waals surface area contributed by atoms with Crippen molar-refractivity contribution in [1.29, 1.82) is 0 Å². The van der Waals surface area contributed by atoms with Gasteiger partial charge in [-0.05, 0) is 43.0 Å². The molecule has 3 amide bonds. The average molecular weight is 559 g/mol. The summed E-state index contributed by atoms with van der Waals surface area (Å²) >= 11 is 0. The van der Waals surface area contributed by atoms with E-state index in [1.165, 1.54) is 31.2 Å². The van der Waals surface area contributed by atoms with Gasteiger partial charge in [-0.1, -0.05) is 42.5 Å². The van der Waals surface area contributed by atoms with Crippen molar-refractivity contribution in [2.24, 2.45) is 5.73 Å². The monoisotopic (exact) mass is 558 g/mol. The number of phenols is 1. The third kappa shape index (κ3) is 10.3. The standard InChI is InChI=1S/C27H34N4O9/c1-15(32)23(26(38)30-21(27(39)40)14-17-7-9-18(33)10-8-17)31-25(37)20(11-12-22(34)35)29-24(36)19(28)13-16-5-3-2-4-6-16/h2-10,15,19-21,23,32-33H,11-14,28H2,1H3,(H,29,36)(H,30,38)(H,31,37)(H,34,35)(H,39,40). The molecule has 216 valence electrons. The SMILES string of the molecule is CC(O)C(NC(=O)C(CCC(=O)O)NC(=O)C(N)Cc1ccccc1)C(=O)NC(Cc1ccc(O)cc1)C(=O)O. The van der Waals surface area contributed by atoms with E-state index in [1.807, 2.05) is 0 Å². The third-order valence-electron chi connectivity index (χ3n) is 5.97. The fraction of sp³-hybridized carbons (Fsp3) is 0.370. The molecule has 13 nitrogen and oxygen atoms in total. The van der Waals surface area contributed by atoms with Crippen molar-refractivity contribution in [2.45, 2.75) is 62.9 Å². The Bertz CT molecular complexity index is 1170. The van der Waals surface area contributed by atoms with Crippen LogP contribution in [0.15, 0.2) is 54.6 Å². The molecule has 0 aliphatic carbocycles. The van der Waals surface area contributed by atoms with Gasteiger partial charge >= 0.3 is 11.9 Å². The Morgan fingerprint density at radius 2 is 1.35 bits per heavy atom. The molecule has 0 spiro atoms. The lowest BCUT2D eigenvalue weighted by Gasteiger charge is -2.26. The molecule has 0 aliphatic rings. The van der Waals surface area contributed by atoms with Crippen LogP contribution in [-0.2, 0) is 36.8 Å². The van der Waals surface area contributed by atoms with E-state index in [1.54, 1.807) is 30.3 Å². The van der Waals surface area contributed by atoms with Gasteiger partial charge in [0.1, 0.15) is 23.9 Å². The highest BCUT2D eigenvalue weighted by atomic mass is 16.4. The number of carboxylic acids is 2. The summed E-state index contributed by atoms with van der Waals surface area (Å²) in [5.74, 6) is -5.35. The largest absolute Gasteiger partial charge is 0.508 e. The molecule has 5 unspecified atom stereocenters. The van der Waals surface area contributed by atoms with Gasteiger partial charge in [-0.25, -0.2) is 4.79 Å². The lowest BCUT2D eigenvalue weighted by Crippen LogP contribution is -2.60. The number of aliphatic hydroxyl groups is 1. The molecular formula is C27H34N4O9. The van der Waals surface area contributed by atoms with E-state index in [2.05, 4.69) is 16.0 Å². The Morgan fingerprint density at radius 3 is 1.90 bits per heavy atom. The summed E-state index contributed by atoms with van der Waals surface area (Å²) in [4.78, 5) is 61.6. The number of nitrogens with two attached hydrogens (primary N) is 1. The predicted molar refractivity (Wildman–Crippen MR) is 142 cm³/mol. The summed E-state index contributed by atoms with van der Waals surface area (Å²) in [6, 6.07) is 8.98. The number of amides is 3. The molecule has 2 rings (SSSR count). The van der Waals surface area contributed by atoms with Crippen LogP contribution in [0, 0.1) is 0 Å². The van der Waals surface area contributed by atoms with Crippen LogP contribution in [0.4, 0.5) is 0 Å². The van der Waals surface area contributed by atoms with Gasteiger partial charge in [-0.2, -0.15) is 0 Å². The first-order chi connectivity index (χ1) is 18.9. The van der Waals surface area contributed by atoms with Crippen molar-refractivity contribution in [3.8, 4) is 5.75 Å². The van der Waals surface area contributed by atoms with Gasteiger partial charge in [0, 0.05) is 12.8 Å². The Balaban J connectivity index is 2.12. The first-order valence-electron chi connectivity index (χ1n) is 12.5. The van der Waals surface area contributed by atoms with Crippen LogP contribution in [-0.4, -0.2) is 80.4 Å². The maximum absolute atomic E-state index is 13.0.